The quantitative estimate of drug-likeness (QED) is 0.607. The average molecular weight is 428 g/mol. The molecule has 0 unspecified atom stereocenters. The van der Waals surface area contributed by atoms with E-state index in [1.165, 1.54) is 6.07 Å². The monoisotopic (exact) mass is 428 g/mol. The number of halogens is 2. The van der Waals surface area contributed by atoms with Crippen LogP contribution in [0.3, 0.4) is 0 Å². The fourth-order valence-corrected chi connectivity index (χ4v) is 4.12. The van der Waals surface area contributed by atoms with E-state index in [1.807, 2.05) is 12.1 Å². The summed E-state index contributed by atoms with van der Waals surface area (Å²) in [6, 6.07) is 10.2. The molecular formula is C24H26F2N2O3. The molecule has 1 aliphatic rings. The van der Waals surface area contributed by atoms with Gasteiger partial charge in [-0.05, 0) is 54.7 Å². The van der Waals surface area contributed by atoms with E-state index in [0.29, 0.717) is 29.7 Å². The van der Waals surface area contributed by atoms with Crippen molar-refractivity contribution in [1.82, 2.24) is 4.90 Å². The van der Waals surface area contributed by atoms with Crippen LogP contribution in [0.5, 0.6) is 0 Å². The molecule has 31 heavy (non-hydrogen) atoms. The Balaban J connectivity index is 1.50. The van der Waals surface area contributed by atoms with E-state index in [4.69, 9.17) is 4.42 Å². The smallest absolute Gasteiger partial charge is 0.291 e. The number of fused-ring (bicyclic) bond motifs is 1. The van der Waals surface area contributed by atoms with Gasteiger partial charge in [0.2, 0.25) is 0 Å². The number of hydrogen-bond donors (Lipinski definition) is 2. The number of rotatable bonds is 5. The van der Waals surface area contributed by atoms with E-state index < -0.39 is 23.1 Å². The Morgan fingerprint density at radius 3 is 2.55 bits per heavy atom. The Morgan fingerprint density at radius 2 is 1.87 bits per heavy atom. The van der Waals surface area contributed by atoms with Crippen molar-refractivity contribution in [1.29, 1.82) is 0 Å². The molecular weight excluding hydrogens is 402 g/mol. The SMILES string of the molecule is CC(C)CN1CCC(O)(c2ccc3oc(C(=O)Nc4ccc(F)c(F)c4)cc3c2)CC1. The second-order valence-corrected chi connectivity index (χ2v) is 8.67. The van der Waals surface area contributed by atoms with E-state index in [0.717, 1.165) is 37.3 Å². The molecule has 5 nitrogen and oxygen atoms in total. The first-order chi connectivity index (χ1) is 14.7. The van der Waals surface area contributed by atoms with Gasteiger partial charge in [0, 0.05) is 36.8 Å². The molecule has 0 atom stereocenters. The molecule has 0 radical (unpaired) electrons. The standard InChI is InChI=1S/C24H26F2N2O3/c1-15(2)14-28-9-7-24(30,8-10-28)17-3-6-21-16(11-17)12-22(31-21)23(29)27-18-4-5-19(25)20(26)13-18/h3-6,11-13,15,30H,7-10,14H2,1-2H3,(H,27,29). The predicted molar refractivity (Wildman–Crippen MR) is 115 cm³/mol. The highest BCUT2D eigenvalue weighted by Crippen LogP contribution is 2.35. The van der Waals surface area contributed by atoms with Crippen LogP contribution in [-0.4, -0.2) is 35.5 Å². The summed E-state index contributed by atoms with van der Waals surface area (Å²) in [5.74, 6) is -1.95. The van der Waals surface area contributed by atoms with Gasteiger partial charge in [-0.2, -0.15) is 0 Å². The number of amides is 1. The van der Waals surface area contributed by atoms with Crippen LogP contribution in [0.15, 0.2) is 46.9 Å². The van der Waals surface area contributed by atoms with Crippen molar-refractivity contribution in [2.24, 2.45) is 5.92 Å². The van der Waals surface area contributed by atoms with Crippen LogP contribution in [-0.2, 0) is 5.60 Å². The highest BCUT2D eigenvalue weighted by Gasteiger charge is 2.34. The lowest BCUT2D eigenvalue weighted by Gasteiger charge is -2.39. The molecule has 0 saturated carbocycles. The molecule has 4 rings (SSSR count). The van der Waals surface area contributed by atoms with Crippen molar-refractivity contribution in [3.05, 3.63) is 65.4 Å². The highest BCUT2D eigenvalue weighted by atomic mass is 19.2. The Bertz CT molecular complexity index is 1100. The Hall–Kier alpha value is -2.77. The normalized spacial score (nSPS) is 16.7. The maximum Gasteiger partial charge on any atom is 0.291 e. The number of anilines is 1. The van der Waals surface area contributed by atoms with Crippen LogP contribution in [0.4, 0.5) is 14.5 Å². The summed E-state index contributed by atoms with van der Waals surface area (Å²) in [7, 11) is 0. The molecule has 0 bridgehead atoms. The summed E-state index contributed by atoms with van der Waals surface area (Å²) >= 11 is 0. The maximum atomic E-state index is 13.4. The van der Waals surface area contributed by atoms with E-state index in [9.17, 15) is 18.7 Å². The molecule has 1 aliphatic heterocycles. The number of hydrogen-bond acceptors (Lipinski definition) is 4. The molecule has 2 N–H and O–H groups in total. The molecule has 1 saturated heterocycles. The molecule has 164 valence electrons. The molecule has 1 amide bonds. The second kappa shape index (κ2) is 8.40. The Morgan fingerprint density at radius 1 is 1.13 bits per heavy atom. The highest BCUT2D eigenvalue weighted by molar-refractivity contribution is 6.04. The zero-order valence-corrected chi connectivity index (χ0v) is 17.6. The van der Waals surface area contributed by atoms with Gasteiger partial charge in [-0.1, -0.05) is 19.9 Å². The molecule has 3 aromatic rings. The number of benzene rings is 2. The van der Waals surface area contributed by atoms with Crippen LogP contribution < -0.4 is 5.32 Å². The number of aliphatic hydroxyl groups is 1. The molecule has 0 aliphatic carbocycles. The summed E-state index contributed by atoms with van der Waals surface area (Å²) in [6.45, 7) is 7.06. The van der Waals surface area contributed by atoms with Crippen LogP contribution in [0.25, 0.3) is 11.0 Å². The van der Waals surface area contributed by atoms with Gasteiger partial charge in [0.25, 0.3) is 5.91 Å². The summed E-state index contributed by atoms with van der Waals surface area (Å²) in [5, 5.41) is 14.4. The molecule has 7 heteroatoms. The van der Waals surface area contributed by atoms with Crippen LogP contribution >= 0.6 is 0 Å². The van der Waals surface area contributed by atoms with Gasteiger partial charge in [0.05, 0.1) is 5.60 Å². The third-order valence-corrected chi connectivity index (χ3v) is 5.76. The first kappa shape index (κ1) is 21.5. The fourth-order valence-electron chi connectivity index (χ4n) is 4.12. The van der Waals surface area contributed by atoms with E-state index >= 15 is 0 Å². The van der Waals surface area contributed by atoms with Crippen LogP contribution in [0, 0.1) is 17.6 Å². The topological polar surface area (TPSA) is 65.7 Å². The second-order valence-electron chi connectivity index (χ2n) is 8.67. The minimum absolute atomic E-state index is 0.0515. The number of nitrogens with zero attached hydrogens (tertiary/aromatic N) is 1. The number of carbonyl (C=O) groups excluding carboxylic acids is 1. The largest absolute Gasteiger partial charge is 0.451 e. The minimum Gasteiger partial charge on any atom is -0.451 e. The summed E-state index contributed by atoms with van der Waals surface area (Å²) in [4.78, 5) is 14.8. The molecule has 0 spiro atoms. The lowest BCUT2D eigenvalue weighted by molar-refractivity contribution is -0.0278. The molecule has 1 aromatic heterocycles. The van der Waals surface area contributed by atoms with E-state index in [1.54, 1.807) is 12.1 Å². The zero-order chi connectivity index (χ0) is 22.2. The van der Waals surface area contributed by atoms with Gasteiger partial charge in [0.1, 0.15) is 5.58 Å². The van der Waals surface area contributed by atoms with Gasteiger partial charge in [-0.25, -0.2) is 8.78 Å². The molecule has 1 fully saturated rings. The minimum atomic E-state index is -1.04. The maximum absolute atomic E-state index is 13.4. The number of furan rings is 1. The van der Waals surface area contributed by atoms with Gasteiger partial charge < -0.3 is 19.7 Å². The third-order valence-electron chi connectivity index (χ3n) is 5.76. The van der Waals surface area contributed by atoms with Gasteiger partial charge in [-0.3, -0.25) is 4.79 Å². The van der Waals surface area contributed by atoms with Crippen molar-refractivity contribution in [2.45, 2.75) is 32.3 Å². The summed E-state index contributed by atoms with van der Waals surface area (Å²) in [6.07, 6.45) is 1.29. The Kier molecular flexibility index (Phi) is 5.81. The zero-order valence-electron chi connectivity index (χ0n) is 17.6. The first-order valence-corrected chi connectivity index (χ1v) is 10.5. The average Bonchev–Trinajstić information content (AvgIpc) is 3.16. The molecule has 2 heterocycles. The predicted octanol–water partition coefficient (Wildman–Crippen LogP) is 4.90. The van der Waals surface area contributed by atoms with Crippen LogP contribution in [0.1, 0.15) is 42.8 Å². The Labute approximate surface area is 179 Å². The molecule has 2 aromatic carbocycles. The summed E-state index contributed by atoms with van der Waals surface area (Å²) in [5.41, 5.74) is 0.539. The lowest BCUT2D eigenvalue weighted by atomic mass is 9.84. The number of nitrogens with one attached hydrogen (secondary N) is 1. The van der Waals surface area contributed by atoms with Gasteiger partial charge in [-0.15, -0.1) is 0 Å². The fraction of sp³-hybridized carbons (Fsp3) is 0.375. The number of likely N-dealkylation sites (tertiary alicyclic amines) is 1. The van der Waals surface area contributed by atoms with E-state index in [-0.39, 0.29) is 11.4 Å². The van der Waals surface area contributed by atoms with Crippen molar-refractivity contribution in [3.8, 4) is 0 Å². The van der Waals surface area contributed by atoms with Crippen molar-refractivity contribution >= 4 is 22.6 Å². The lowest BCUT2D eigenvalue weighted by Crippen LogP contribution is -2.43. The van der Waals surface area contributed by atoms with Gasteiger partial charge in [0.15, 0.2) is 17.4 Å². The van der Waals surface area contributed by atoms with E-state index in [2.05, 4.69) is 24.1 Å². The van der Waals surface area contributed by atoms with Gasteiger partial charge >= 0.3 is 0 Å². The van der Waals surface area contributed by atoms with Crippen LogP contribution in [0.2, 0.25) is 0 Å². The number of piperidine rings is 1. The van der Waals surface area contributed by atoms with Crippen molar-refractivity contribution in [3.63, 3.8) is 0 Å². The van der Waals surface area contributed by atoms with Crippen molar-refractivity contribution in [2.75, 3.05) is 25.0 Å². The third kappa shape index (κ3) is 4.62. The summed E-state index contributed by atoms with van der Waals surface area (Å²) < 4.78 is 32.1. The van der Waals surface area contributed by atoms with Crippen molar-refractivity contribution < 1.29 is 23.1 Å². The first-order valence-electron chi connectivity index (χ1n) is 10.5. The number of carbonyl (C=O) groups is 1.